The minimum absolute atomic E-state index is 0.206. The normalized spacial score (nSPS) is 10.1. The Kier molecular flexibility index (Phi) is 3.45. The van der Waals surface area contributed by atoms with E-state index in [2.05, 4.69) is 0 Å². The summed E-state index contributed by atoms with van der Waals surface area (Å²) in [5.74, 6) is -0.890. The number of hydrogen-bond acceptors (Lipinski definition) is 3. The van der Waals surface area contributed by atoms with Crippen molar-refractivity contribution in [3.63, 3.8) is 0 Å². The number of aliphatic hydroxyl groups excluding tert-OH is 1. The van der Waals surface area contributed by atoms with Crippen LogP contribution in [0.25, 0.3) is 0 Å². The third-order valence-corrected chi connectivity index (χ3v) is 2.39. The topological polar surface area (TPSA) is 37.3 Å². The number of rotatable bonds is 3. The molecule has 70 valence electrons. The molecule has 2 nitrogen and oxygen atoms in total. The van der Waals surface area contributed by atoms with Crippen LogP contribution in [0.2, 0.25) is 0 Å². The van der Waals surface area contributed by atoms with Gasteiger partial charge in [0.05, 0.1) is 0 Å². The molecule has 0 unspecified atom stereocenters. The van der Waals surface area contributed by atoms with Gasteiger partial charge >= 0.3 is 0 Å². The van der Waals surface area contributed by atoms with Gasteiger partial charge in [-0.1, -0.05) is 0 Å². The molecule has 0 aliphatic rings. The van der Waals surface area contributed by atoms with Crippen LogP contribution in [0.3, 0.4) is 0 Å². The molecule has 1 aromatic rings. The Labute approximate surface area is 79.8 Å². The maximum Gasteiger partial charge on any atom is 0.188 e. The summed E-state index contributed by atoms with van der Waals surface area (Å²) in [4.78, 5) is 11.4. The van der Waals surface area contributed by atoms with Gasteiger partial charge < -0.3 is 5.11 Å². The number of benzene rings is 1. The number of thioether (sulfide) groups is 1. The fraction of sp³-hybridized carbons (Fsp3) is 0.222. The summed E-state index contributed by atoms with van der Waals surface area (Å²) in [5, 5.41) is 8.53. The van der Waals surface area contributed by atoms with Gasteiger partial charge in [0.2, 0.25) is 0 Å². The monoisotopic (exact) mass is 200 g/mol. The molecule has 13 heavy (non-hydrogen) atoms. The molecule has 1 rings (SSSR count). The zero-order valence-electron chi connectivity index (χ0n) is 7.08. The van der Waals surface area contributed by atoms with Crippen LogP contribution >= 0.6 is 11.8 Å². The van der Waals surface area contributed by atoms with E-state index < -0.39 is 18.2 Å². The molecule has 0 aliphatic carbocycles. The van der Waals surface area contributed by atoms with Crippen LogP contribution in [0.5, 0.6) is 0 Å². The molecule has 0 amide bonds. The van der Waals surface area contributed by atoms with Crippen LogP contribution in [-0.2, 0) is 0 Å². The van der Waals surface area contributed by atoms with E-state index in [0.717, 1.165) is 6.07 Å². The van der Waals surface area contributed by atoms with Crippen LogP contribution in [0, 0.1) is 5.82 Å². The lowest BCUT2D eigenvalue weighted by Crippen LogP contribution is -2.04. The first-order valence-electron chi connectivity index (χ1n) is 3.66. The first kappa shape index (κ1) is 10.2. The second-order valence-corrected chi connectivity index (χ2v) is 3.28. The first-order valence-corrected chi connectivity index (χ1v) is 4.89. The third kappa shape index (κ3) is 2.29. The average molecular weight is 200 g/mol. The van der Waals surface area contributed by atoms with Crippen LogP contribution in [0.15, 0.2) is 23.1 Å². The molecule has 4 heteroatoms. The fourth-order valence-electron chi connectivity index (χ4n) is 0.931. The van der Waals surface area contributed by atoms with Crippen molar-refractivity contribution < 1.29 is 14.3 Å². The van der Waals surface area contributed by atoms with E-state index in [1.165, 1.54) is 23.9 Å². The van der Waals surface area contributed by atoms with Crippen molar-refractivity contribution >= 4 is 17.5 Å². The average Bonchev–Trinajstić information content (AvgIpc) is 2.16. The molecule has 0 radical (unpaired) electrons. The van der Waals surface area contributed by atoms with Gasteiger partial charge in [-0.3, -0.25) is 4.79 Å². The van der Waals surface area contributed by atoms with Gasteiger partial charge in [-0.25, -0.2) is 4.39 Å². The Balaban J connectivity index is 3.02. The zero-order chi connectivity index (χ0) is 9.84. The summed E-state index contributed by atoms with van der Waals surface area (Å²) >= 11 is 1.27. The Bertz CT molecular complexity index is 325. The standard InChI is InChI=1S/C9H9FO2S/c1-13-9-3-2-6(4-7(9)10)8(12)5-11/h2-4,11H,5H2,1H3. The van der Waals surface area contributed by atoms with Gasteiger partial charge in [0, 0.05) is 10.5 Å². The highest BCUT2D eigenvalue weighted by molar-refractivity contribution is 7.98. The van der Waals surface area contributed by atoms with Crippen LogP contribution < -0.4 is 0 Å². The summed E-state index contributed by atoms with van der Waals surface area (Å²) in [6.07, 6.45) is 1.76. The van der Waals surface area contributed by atoms with Gasteiger partial charge in [0.1, 0.15) is 12.4 Å². The Morgan fingerprint density at radius 3 is 2.77 bits per heavy atom. The van der Waals surface area contributed by atoms with E-state index in [0.29, 0.717) is 4.90 Å². The molecule has 0 saturated heterocycles. The number of Topliss-reactive ketones (excluding diaryl/α,β-unsaturated/α-hetero) is 1. The highest BCUT2D eigenvalue weighted by Gasteiger charge is 2.07. The van der Waals surface area contributed by atoms with Gasteiger partial charge in [0.15, 0.2) is 5.78 Å². The molecule has 0 saturated carbocycles. The second-order valence-electron chi connectivity index (χ2n) is 2.43. The van der Waals surface area contributed by atoms with Crippen molar-refractivity contribution in [1.82, 2.24) is 0 Å². The van der Waals surface area contributed by atoms with Gasteiger partial charge in [-0.05, 0) is 24.5 Å². The third-order valence-electron chi connectivity index (χ3n) is 1.62. The lowest BCUT2D eigenvalue weighted by atomic mass is 10.1. The minimum atomic E-state index is -0.585. The number of carbonyl (C=O) groups is 1. The molecule has 0 aromatic heterocycles. The zero-order valence-corrected chi connectivity index (χ0v) is 7.90. The van der Waals surface area contributed by atoms with Crippen molar-refractivity contribution in [3.05, 3.63) is 29.6 Å². The Hall–Kier alpha value is -0.870. The van der Waals surface area contributed by atoms with Crippen LogP contribution in [-0.4, -0.2) is 23.8 Å². The van der Waals surface area contributed by atoms with Crippen molar-refractivity contribution in [2.24, 2.45) is 0 Å². The van der Waals surface area contributed by atoms with E-state index in [1.54, 1.807) is 6.26 Å². The fourth-order valence-corrected chi connectivity index (χ4v) is 1.39. The number of carbonyl (C=O) groups excluding carboxylic acids is 1. The molecular weight excluding hydrogens is 191 g/mol. The van der Waals surface area contributed by atoms with Crippen molar-refractivity contribution in [2.45, 2.75) is 4.90 Å². The highest BCUT2D eigenvalue weighted by atomic mass is 32.2. The molecular formula is C9H9FO2S. The van der Waals surface area contributed by atoms with Crippen molar-refractivity contribution in [3.8, 4) is 0 Å². The number of hydrogen-bond donors (Lipinski definition) is 1. The van der Waals surface area contributed by atoms with E-state index in [9.17, 15) is 9.18 Å². The minimum Gasteiger partial charge on any atom is -0.388 e. The quantitative estimate of drug-likeness (QED) is 0.596. The summed E-state index contributed by atoms with van der Waals surface area (Å²) < 4.78 is 13.1. The maximum absolute atomic E-state index is 13.1. The number of aliphatic hydroxyl groups is 1. The molecule has 1 N–H and O–H groups in total. The van der Waals surface area contributed by atoms with Gasteiger partial charge in [0.25, 0.3) is 0 Å². The summed E-state index contributed by atoms with van der Waals surface area (Å²) in [6, 6.07) is 4.18. The van der Waals surface area contributed by atoms with E-state index in [4.69, 9.17) is 5.11 Å². The maximum atomic E-state index is 13.1. The predicted octanol–water partition coefficient (Wildman–Crippen LogP) is 1.72. The smallest absolute Gasteiger partial charge is 0.188 e. The molecule has 0 heterocycles. The Morgan fingerprint density at radius 1 is 1.62 bits per heavy atom. The van der Waals surface area contributed by atoms with Crippen molar-refractivity contribution in [2.75, 3.05) is 12.9 Å². The first-order chi connectivity index (χ1) is 6.19. The second kappa shape index (κ2) is 4.39. The van der Waals surface area contributed by atoms with Crippen LogP contribution in [0.4, 0.5) is 4.39 Å². The highest BCUT2D eigenvalue weighted by Crippen LogP contribution is 2.19. The molecule has 1 aromatic carbocycles. The molecule has 0 fully saturated rings. The predicted molar refractivity (Wildman–Crippen MR) is 49.6 cm³/mol. The lowest BCUT2D eigenvalue weighted by Gasteiger charge is -2.01. The summed E-state index contributed by atoms with van der Waals surface area (Å²) in [6.45, 7) is -0.585. The van der Waals surface area contributed by atoms with Gasteiger partial charge in [-0.2, -0.15) is 0 Å². The van der Waals surface area contributed by atoms with E-state index >= 15 is 0 Å². The summed E-state index contributed by atoms with van der Waals surface area (Å²) in [7, 11) is 0. The number of halogens is 1. The van der Waals surface area contributed by atoms with Gasteiger partial charge in [-0.15, -0.1) is 11.8 Å². The van der Waals surface area contributed by atoms with E-state index in [-0.39, 0.29) is 5.56 Å². The number of ketones is 1. The van der Waals surface area contributed by atoms with Crippen molar-refractivity contribution in [1.29, 1.82) is 0 Å². The molecule has 0 bridgehead atoms. The van der Waals surface area contributed by atoms with E-state index in [1.807, 2.05) is 0 Å². The summed E-state index contributed by atoms with van der Waals surface area (Å²) in [5.41, 5.74) is 0.206. The largest absolute Gasteiger partial charge is 0.388 e. The Morgan fingerprint density at radius 2 is 2.31 bits per heavy atom. The molecule has 0 aliphatic heterocycles. The lowest BCUT2D eigenvalue weighted by molar-refractivity contribution is 0.0903. The molecule has 0 atom stereocenters. The molecule has 0 spiro atoms. The SMILES string of the molecule is CSc1ccc(C(=O)CO)cc1F. The van der Waals surface area contributed by atoms with Crippen LogP contribution in [0.1, 0.15) is 10.4 Å².